The van der Waals surface area contributed by atoms with E-state index >= 15 is 0 Å². The molecule has 1 aliphatic carbocycles. The van der Waals surface area contributed by atoms with E-state index in [9.17, 15) is 8.78 Å². The van der Waals surface area contributed by atoms with Crippen LogP contribution in [0.25, 0.3) is 0 Å². The summed E-state index contributed by atoms with van der Waals surface area (Å²) >= 11 is 1.78. The number of halogens is 2. The molecule has 0 radical (unpaired) electrons. The van der Waals surface area contributed by atoms with Crippen molar-refractivity contribution < 1.29 is 8.78 Å². The Balaban J connectivity index is 2.17. The molecule has 0 heterocycles. The van der Waals surface area contributed by atoms with Gasteiger partial charge in [-0.05, 0) is 26.0 Å². The lowest BCUT2D eigenvalue weighted by Gasteiger charge is -2.17. The van der Waals surface area contributed by atoms with Gasteiger partial charge in [0.05, 0.1) is 6.04 Å². The van der Waals surface area contributed by atoms with Crippen LogP contribution < -0.4 is 5.32 Å². The van der Waals surface area contributed by atoms with E-state index in [1.807, 2.05) is 6.26 Å². The zero-order valence-electron chi connectivity index (χ0n) is 7.44. The van der Waals surface area contributed by atoms with E-state index in [0.717, 1.165) is 19.4 Å². The summed E-state index contributed by atoms with van der Waals surface area (Å²) in [7, 11) is 0. The number of hydrogen-bond donors (Lipinski definition) is 1. The molecule has 12 heavy (non-hydrogen) atoms. The van der Waals surface area contributed by atoms with Gasteiger partial charge in [0.2, 0.25) is 0 Å². The standard InChI is InChI=1S/C8H15F2NS/c1-6(7(9)10)11-5-8(12-2)3-4-8/h6-7,11H,3-5H2,1-2H3. The molecule has 0 amide bonds. The quantitative estimate of drug-likeness (QED) is 0.721. The predicted molar refractivity (Wildman–Crippen MR) is 48.9 cm³/mol. The first-order valence-electron chi connectivity index (χ1n) is 4.16. The maximum atomic E-state index is 12.1. The smallest absolute Gasteiger partial charge is 0.253 e. The van der Waals surface area contributed by atoms with Gasteiger partial charge >= 0.3 is 0 Å². The molecule has 0 aromatic rings. The third-order valence-corrected chi connectivity index (χ3v) is 3.78. The molecule has 0 saturated heterocycles. The Morgan fingerprint density at radius 2 is 2.08 bits per heavy atom. The maximum Gasteiger partial charge on any atom is 0.253 e. The number of hydrogen-bond acceptors (Lipinski definition) is 2. The van der Waals surface area contributed by atoms with Crippen LogP contribution in [0.2, 0.25) is 0 Å². The number of nitrogens with one attached hydrogen (secondary N) is 1. The lowest BCUT2D eigenvalue weighted by atomic mass is 10.3. The normalized spacial score (nSPS) is 22.8. The fourth-order valence-electron chi connectivity index (χ4n) is 1.03. The fraction of sp³-hybridized carbons (Fsp3) is 1.00. The van der Waals surface area contributed by atoms with E-state index in [2.05, 4.69) is 5.32 Å². The molecule has 4 heteroatoms. The van der Waals surface area contributed by atoms with E-state index in [4.69, 9.17) is 0 Å². The average molecular weight is 195 g/mol. The molecular formula is C8H15F2NS. The first-order valence-corrected chi connectivity index (χ1v) is 5.39. The molecule has 1 saturated carbocycles. The molecule has 1 fully saturated rings. The summed E-state index contributed by atoms with van der Waals surface area (Å²) < 4.78 is 24.4. The zero-order chi connectivity index (χ0) is 9.19. The van der Waals surface area contributed by atoms with Crippen molar-refractivity contribution in [2.24, 2.45) is 0 Å². The van der Waals surface area contributed by atoms with Crippen molar-refractivity contribution in [3.8, 4) is 0 Å². The van der Waals surface area contributed by atoms with Crippen LogP contribution in [0, 0.1) is 0 Å². The highest BCUT2D eigenvalue weighted by molar-refractivity contribution is 8.00. The summed E-state index contributed by atoms with van der Waals surface area (Å²) in [5.74, 6) is 0. The minimum atomic E-state index is -2.25. The van der Waals surface area contributed by atoms with Crippen LogP contribution in [0.5, 0.6) is 0 Å². The summed E-state index contributed by atoms with van der Waals surface area (Å²) in [6.45, 7) is 2.25. The topological polar surface area (TPSA) is 12.0 Å². The Morgan fingerprint density at radius 1 is 1.50 bits per heavy atom. The van der Waals surface area contributed by atoms with Gasteiger partial charge in [-0.2, -0.15) is 11.8 Å². The average Bonchev–Trinajstić information content (AvgIpc) is 2.81. The van der Waals surface area contributed by atoms with E-state index in [1.54, 1.807) is 11.8 Å². The van der Waals surface area contributed by atoms with Crippen LogP contribution in [0.4, 0.5) is 8.78 Å². The Hall–Kier alpha value is 0.170. The highest BCUT2D eigenvalue weighted by atomic mass is 32.2. The minimum absolute atomic E-state index is 0.281. The fourth-order valence-corrected chi connectivity index (χ4v) is 1.77. The predicted octanol–water partition coefficient (Wildman–Crippen LogP) is 2.13. The molecule has 1 N–H and O–H groups in total. The van der Waals surface area contributed by atoms with Gasteiger partial charge in [0.25, 0.3) is 6.43 Å². The molecule has 72 valence electrons. The van der Waals surface area contributed by atoms with Crippen LogP contribution in [0.1, 0.15) is 19.8 Å². The number of alkyl halides is 2. The van der Waals surface area contributed by atoms with E-state index in [1.165, 1.54) is 6.92 Å². The molecule has 0 bridgehead atoms. The van der Waals surface area contributed by atoms with Gasteiger partial charge in [-0.3, -0.25) is 0 Å². The van der Waals surface area contributed by atoms with E-state index in [-0.39, 0.29) is 4.75 Å². The monoisotopic (exact) mass is 195 g/mol. The summed E-state index contributed by atoms with van der Waals surface area (Å²) in [5.41, 5.74) is 0. The molecule has 0 spiro atoms. The van der Waals surface area contributed by atoms with E-state index in [0.29, 0.717) is 0 Å². The third kappa shape index (κ3) is 2.59. The SMILES string of the molecule is CSC1(CNC(C)C(F)F)CC1. The molecule has 1 rings (SSSR count). The van der Waals surface area contributed by atoms with Crippen molar-refractivity contribution in [2.45, 2.75) is 37.0 Å². The first kappa shape index (κ1) is 10.3. The summed E-state index contributed by atoms with van der Waals surface area (Å²) in [6, 6.07) is -0.672. The Morgan fingerprint density at radius 3 is 2.42 bits per heavy atom. The van der Waals surface area contributed by atoms with Gasteiger partial charge in [-0.15, -0.1) is 0 Å². The molecule has 1 atom stereocenters. The van der Waals surface area contributed by atoms with Crippen molar-refractivity contribution in [2.75, 3.05) is 12.8 Å². The largest absolute Gasteiger partial charge is 0.308 e. The van der Waals surface area contributed by atoms with Crippen LogP contribution in [-0.4, -0.2) is 30.0 Å². The molecule has 1 aliphatic rings. The maximum absolute atomic E-state index is 12.1. The second-order valence-electron chi connectivity index (χ2n) is 3.39. The number of rotatable bonds is 5. The van der Waals surface area contributed by atoms with Gasteiger partial charge in [-0.25, -0.2) is 8.78 Å². The summed E-state index contributed by atoms with van der Waals surface area (Å²) in [5, 5.41) is 2.86. The van der Waals surface area contributed by atoms with Crippen LogP contribution in [0.15, 0.2) is 0 Å². The molecule has 0 aromatic carbocycles. The van der Waals surface area contributed by atoms with E-state index < -0.39 is 12.5 Å². The van der Waals surface area contributed by atoms with Crippen molar-refractivity contribution in [1.29, 1.82) is 0 Å². The second-order valence-corrected chi connectivity index (χ2v) is 4.67. The van der Waals surface area contributed by atoms with Gasteiger partial charge < -0.3 is 5.32 Å². The van der Waals surface area contributed by atoms with Crippen LogP contribution >= 0.6 is 11.8 Å². The molecular weight excluding hydrogens is 180 g/mol. The zero-order valence-corrected chi connectivity index (χ0v) is 8.26. The molecule has 1 unspecified atom stereocenters. The molecule has 0 aromatic heterocycles. The first-order chi connectivity index (χ1) is 5.59. The van der Waals surface area contributed by atoms with Gasteiger partial charge in [0.15, 0.2) is 0 Å². The Bertz CT molecular complexity index is 148. The Kier molecular flexibility index (Phi) is 3.35. The highest BCUT2D eigenvalue weighted by Gasteiger charge is 2.41. The van der Waals surface area contributed by atoms with Gasteiger partial charge in [0, 0.05) is 11.3 Å². The lowest BCUT2D eigenvalue weighted by molar-refractivity contribution is 0.106. The number of thioether (sulfide) groups is 1. The van der Waals surface area contributed by atoms with Crippen LogP contribution in [-0.2, 0) is 0 Å². The third-order valence-electron chi connectivity index (χ3n) is 2.36. The molecule has 0 aliphatic heterocycles. The minimum Gasteiger partial charge on any atom is -0.308 e. The van der Waals surface area contributed by atoms with Crippen molar-refractivity contribution >= 4 is 11.8 Å². The Labute approximate surface area is 76.3 Å². The van der Waals surface area contributed by atoms with Crippen molar-refractivity contribution in [3.63, 3.8) is 0 Å². The molecule has 1 nitrogen and oxygen atoms in total. The van der Waals surface area contributed by atoms with Crippen molar-refractivity contribution in [1.82, 2.24) is 5.32 Å². The van der Waals surface area contributed by atoms with Crippen molar-refractivity contribution in [3.05, 3.63) is 0 Å². The second kappa shape index (κ2) is 3.92. The van der Waals surface area contributed by atoms with Gasteiger partial charge in [-0.1, -0.05) is 0 Å². The lowest BCUT2D eigenvalue weighted by Crippen LogP contribution is -2.37. The van der Waals surface area contributed by atoms with Gasteiger partial charge in [0.1, 0.15) is 0 Å². The summed E-state index contributed by atoms with van der Waals surface area (Å²) in [4.78, 5) is 0. The van der Waals surface area contributed by atoms with Crippen LogP contribution in [0.3, 0.4) is 0 Å². The summed E-state index contributed by atoms with van der Waals surface area (Å²) in [6.07, 6.45) is 2.12. The highest BCUT2D eigenvalue weighted by Crippen LogP contribution is 2.46.